The van der Waals surface area contributed by atoms with Crippen LogP contribution < -0.4 is 10.2 Å². The zero-order valence-corrected chi connectivity index (χ0v) is 20.2. The number of nitrogens with zero attached hydrogens (tertiary/aromatic N) is 2. The third-order valence-electron chi connectivity index (χ3n) is 6.41. The number of carbonyl (C=O) groups excluding carboxylic acids is 1. The highest BCUT2D eigenvalue weighted by Gasteiger charge is 2.29. The molecule has 0 spiro atoms. The molecule has 172 valence electrons. The number of anilines is 2. The van der Waals surface area contributed by atoms with E-state index in [0.29, 0.717) is 24.3 Å². The van der Waals surface area contributed by atoms with Gasteiger partial charge in [0.05, 0.1) is 4.90 Å². The number of amides is 1. The van der Waals surface area contributed by atoms with E-state index in [1.807, 2.05) is 36.6 Å². The third-order valence-corrected chi connectivity index (χ3v) is 9.27. The van der Waals surface area contributed by atoms with Crippen LogP contribution in [-0.4, -0.2) is 38.3 Å². The summed E-state index contributed by atoms with van der Waals surface area (Å²) in [7, 11) is -3.68. The number of sulfonamides is 1. The van der Waals surface area contributed by atoms with Gasteiger partial charge in [-0.15, -0.1) is 11.3 Å². The van der Waals surface area contributed by atoms with E-state index in [-0.39, 0.29) is 10.8 Å². The fraction of sp³-hybridized carbons (Fsp3) is 0.320. The van der Waals surface area contributed by atoms with Gasteiger partial charge in [-0.05, 0) is 85.2 Å². The summed E-state index contributed by atoms with van der Waals surface area (Å²) in [6.07, 6.45) is 3.14. The second-order valence-electron chi connectivity index (χ2n) is 8.63. The van der Waals surface area contributed by atoms with Crippen molar-refractivity contribution < 1.29 is 13.2 Å². The fourth-order valence-corrected chi connectivity index (χ4v) is 6.98. The van der Waals surface area contributed by atoms with E-state index in [1.165, 1.54) is 33.8 Å². The number of hydrogen-bond acceptors (Lipinski definition) is 5. The predicted octanol–water partition coefficient (Wildman–Crippen LogP) is 4.66. The van der Waals surface area contributed by atoms with E-state index in [1.54, 1.807) is 29.5 Å². The minimum Gasteiger partial charge on any atom is -0.371 e. The molecule has 0 saturated carbocycles. The van der Waals surface area contributed by atoms with E-state index >= 15 is 0 Å². The Labute approximate surface area is 198 Å². The Morgan fingerprint density at radius 3 is 2.64 bits per heavy atom. The highest BCUT2D eigenvalue weighted by molar-refractivity contribution is 7.89. The topological polar surface area (TPSA) is 69.7 Å². The zero-order chi connectivity index (χ0) is 23.0. The SMILES string of the molecule is Cc1cc(NC(=O)c2cccc(S(=O)(=O)N3CCc4sccc4C3)c2)ccc1N1CCCC1. The molecule has 0 unspecified atom stereocenters. The molecular formula is C25H27N3O3S2. The van der Waals surface area contributed by atoms with Crippen molar-refractivity contribution in [2.75, 3.05) is 29.9 Å². The number of carbonyl (C=O) groups is 1. The summed E-state index contributed by atoms with van der Waals surface area (Å²) >= 11 is 1.67. The van der Waals surface area contributed by atoms with Crippen LogP contribution in [-0.2, 0) is 23.0 Å². The maximum absolute atomic E-state index is 13.3. The second kappa shape index (κ2) is 8.93. The first kappa shape index (κ1) is 22.1. The minimum atomic E-state index is -3.68. The molecule has 2 aliphatic heterocycles. The quantitative estimate of drug-likeness (QED) is 0.576. The zero-order valence-electron chi connectivity index (χ0n) is 18.6. The number of nitrogens with one attached hydrogen (secondary N) is 1. The lowest BCUT2D eigenvalue weighted by molar-refractivity contribution is 0.102. The molecule has 6 nitrogen and oxygen atoms in total. The molecule has 1 aromatic heterocycles. The molecule has 8 heteroatoms. The third kappa shape index (κ3) is 4.43. The molecule has 33 heavy (non-hydrogen) atoms. The molecule has 1 saturated heterocycles. The Balaban J connectivity index is 1.32. The predicted molar refractivity (Wildman–Crippen MR) is 133 cm³/mol. The van der Waals surface area contributed by atoms with Crippen molar-refractivity contribution in [2.45, 2.75) is 37.6 Å². The van der Waals surface area contributed by atoms with Gasteiger partial charge in [-0.25, -0.2) is 8.42 Å². The van der Waals surface area contributed by atoms with Gasteiger partial charge in [0.15, 0.2) is 0 Å². The highest BCUT2D eigenvalue weighted by atomic mass is 32.2. The van der Waals surface area contributed by atoms with Gasteiger partial charge in [0.1, 0.15) is 0 Å². The van der Waals surface area contributed by atoms with Crippen LogP contribution in [0.4, 0.5) is 11.4 Å². The Morgan fingerprint density at radius 2 is 1.85 bits per heavy atom. The van der Waals surface area contributed by atoms with Gasteiger partial charge in [-0.2, -0.15) is 4.31 Å². The number of benzene rings is 2. The van der Waals surface area contributed by atoms with Crippen molar-refractivity contribution in [3.05, 3.63) is 75.5 Å². The second-order valence-corrected chi connectivity index (χ2v) is 11.6. The Bertz CT molecular complexity index is 1290. The largest absolute Gasteiger partial charge is 0.371 e. The van der Waals surface area contributed by atoms with Gasteiger partial charge in [-0.3, -0.25) is 4.79 Å². The van der Waals surface area contributed by atoms with E-state index in [9.17, 15) is 13.2 Å². The Kier molecular flexibility index (Phi) is 5.99. The number of hydrogen-bond donors (Lipinski definition) is 1. The highest BCUT2D eigenvalue weighted by Crippen LogP contribution is 2.29. The summed E-state index contributed by atoms with van der Waals surface area (Å²) in [4.78, 5) is 16.7. The summed E-state index contributed by atoms with van der Waals surface area (Å²) in [5.74, 6) is -0.320. The molecular weight excluding hydrogens is 454 g/mol. The van der Waals surface area contributed by atoms with Crippen molar-refractivity contribution in [1.29, 1.82) is 0 Å². The summed E-state index contributed by atoms with van der Waals surface area (Å²) < 4.78 is 28.0. The number of rotatable bonds is 5. The van der Waals surface area contributed by atoms with Crippen molar-refractivity contribution in [3.63, 3.8) is 0 Å². The average Bonchev–Trinajstić information content (AvgIpc) is 3.51. The summed E-state index contributed by atoms with van der Waals surface area (Å²) in [5.41, 5.74) is 4.41. The van der Waals surface area contributed by atoms with Crippen LogP contribution in [0, 0.1) is 6.92 Å². The lowest BCUT2D eigenvalue weighted by Crippen LogP contribution is -2.35. The maximum Gasteiger partial charge on any atom is 0.255 e. The lowest BCUT2D eigenvalue weighted by Gasteiger charge is -2.26. The molecule has 0 bridgehead atoms. The molecule has 5 rings (SSSR count). The summed E-state index contributed by atoms with van der Waals surface area (Å²) in [5, 5.41) is 4.93. The molecule has 0 atom stereocenters. The average molecular weight is 482 g/mol. The molecule has 0 aliphatic carbocycles. The minimum absolute atomic E-state index is 0.148. The van der Waals surface area contributed by atoms with E-state index in [4.69, 9.17) is 0 Å². The fourth-order valence-electron chi connectivity index (χ4n) is 4.62. The van der Waals surface area contributed by atoms with Crippen molar-refractivity contribution in [3.8, 4) is 0 Å². The van der Waals surface area contributed by atoms with E-state index in [2.05, 4.69) is 10.2 Å². The van der Waals surface area contributed by atoms with Gasteiger partial charge in [0.25, 0.3) is 5.91 Å². The maximum atomic E-state index is 13.3. The first-order valence-corrected chi connectivity index (χ1v) is 13.6. The molecule has 1 fully saturated rings. The van der Waals surface area contributed by atoms with E-state index in [0.717, 1.165) is 30.6 Å². The molecule has 3 aromatic rings. The van der Waals surface area contributed by atoms with Gasteiger partial charge < -0.3 is 10.2 Å². The van der Waals surface area contributed by atoms with Crippen LogP contribution in [0.25, 0.3) is 0 Å². The Hall–Kier alpha value is -2.68. The van der Waals surface area contributed by atoms with Crippen molar-refractivity contribution >= 4 is 38.6 Å². The van der Waals surface area contributed by atoms with E-state index < -0.39 is 10.0 Å². The Morgan fingerprint density at radius 1 is 1.03 bits per heavy atom. The molecule has 2 aromatic carbocycles. The molecule has 3 heterocycles. The van der Waals surface area contributed by atoms with Crippen LogP contribution in [0.3, 0.4) is 0 Å². The van der Waals surface area contributed by atoms with Crippen LogP contribution >= 0.6 is 11.3 Å². The first-order valence-electron chi connectivity index (χ1n) is 11.2. The summed E-state index contributed by atoms with van der Waals surface area (Å²) in [6.45, 7) is 5.01. The van der Waals surface area contributed by atoms with Gasteiger partial charge >= 0.3 is 0 Å². The standard InChI is InChI=1S/C25H27N3O3S2/c1-18-15-21(7-8-23(18)27-11-2-3-12-27)26-25(29)19-5-4-6-22(16-19)33(30,31)28-13-9-24-20(17-28)10-14-32-24/h4-8,10,14-16H,2-3,9,11-13,17H2,1H3,(H,26,29). The molecule has 0 radical (unpaired) electrons. The van der Waals surface area contributed by atoms with Gasteiger partial charge in [0.2, 0.25) is 10.0 Å². The van der Waals surface area contributed by atoms with Gasteiger partial charge in [0, 0.05) is 48.0 Å². The van der Waals surface area contributed by atoms with Crippen LogP contribution in [0.15, 0.2) is 58.8 Å². The van der Waals surface area contributed by atoms with Crippen LogP contribution in [0.2, 0.25) is 0 Å². The van der Waals surface area contributed by atoms with Crippen molar-refractivity contribution in [1.82, 2.24) is 4.31 Å². The smallest absolute Gasteiger partial charge is 0.255 e. The van der Waals surface area contributed by atoms with Crippen LogP contribution in [0.1, 0.15) is 39.2 Å². The summed E-state index contributed by atoms with van der Waals surface area (Å²) in [6, 6.07) is 14.2. The lowest BCUT2D eigenvalue weighted by atomic mass is 10.1. The number of thiophene rings is 1. The van der Waals surface area contributed by atoms with Crippen LogP contribution in [0.5, 0.6) is 0 Å². The van der Waals surface area contributed by atoms with Crippen molar-refractivity contribution in [2.24, 2.45) is 0 Å². The first-order chi connectivity index (χ1) is 15.9. The molecule has 2 aliphatic rings. The molecule has 1 amide bonds. The van der Waals surface area contributed by atoms with Gasteiger partial charge in [-0.1, -0.05) is 6.07 Å². The molecule has 1 N–H and O–H groups in total. The monoisotopic (exact) mass is 481 g/mol. The number of aryl methyl sites for hydroxylation is 1. The number of fused-ring (bicyclic) bond motifs is 1. The normalized spacial score (nSPS) is 16.6.